The molecule has 0 aliphatic carbocycles. The van der Waals surface area contributed by atoms with Crippen LogP contribution in [-0.2, 0) is 9.47 Å². The van der Waals surface area contributed by atoms with Gasteiger partial charge < -0.3 is 29.9 Å². The molecule has 1 rings (SSSR count). The minimum Gasteiger partial charge on any atom is -0.394 e. The molecule has 0 aromatic carbocycles. The van der Waals surface area contributed by atoms with E-state index in [0.29, 0.717) is 0 Å². The molecule has 4 N–H and O–H groups in total. The van der Waals surface area contributed by atoms with E-state index in [0.717, 1.165) is 0 Å². The molecular formula is C9H14O6. The monoisotopic (exact) mass is 218 g/mol. The molecule has 0 radical (unpaired) electrons. The Morgan fingerprint density at radius 3 is 2.40 bits per heavy atom. The number of ether oxygens (including phenoxy) is 2. The van der Waals surface area contributed by atoms with Crippen molar-refractivity contribution in [3.05, 3.63) is 0 Å². The minimum atomic E-state index is -1.43. The minimum absolute atomic E-state index is 0.0946. The average Bonchev–Trinajstić information content (AvgIpc) is 2.25. The molecule has 0 aromatic rings. The van der Waals surface area contributed by atoms with Gasteiger partial charge in [0, 0.05) is 0 Å². The lowest BCUT2D eigenvalue weighted by Gasteiger charge is -2.39. The number of hydrogen-bond acceptors (Lipinski definition) is 6. The molecule has 1 aliphatic heterocycles. The molecule has 1 fully saturated rings. The average molecular weight is 218 g/mol. The van der Waals surface area contributed by atoms with Gasteiger partial charge in [-0.2, -0.15) is 0 Å². The van der Waals surface area contributed by atoms with Crippen molar-refractivity contribution in [2.45, 2.75) is 30.7 Å². The third kappa shape index (κ3) is 2.66. The van der Waals surface area contributed by atoms with Crippen LogP contribution in [0.4, 0.5) is 0 Å². The molecule has 1 heterocycles. The second kappa shape index (κ2) is 5.42. The van der Waals surface area contributed by atoms with Gasteiger partial charge >= 0.3 is 0 Å². The van der Waals surface area contributed by atoms with Crippen LogP contribution in [0.2, 0.25) is 0 Å². The van der Waals surface area contributed by atoms with E-state index in [2.05, 4.69) is 5.92 Å². The fourth-order valence-electron chi connectivity index (χ4n) is 1.34. The normalized spacial score (nSPS) is 41.1. The van der Waals surface area contributed by atoms with E-state index in [1.54, 1.807) is 0 Å². The van der Waals surface area contributed by atoms with E-state index >= 15 is 0 Å². The first-order chi connectivity index (χ1) is 7.11. The Morgan fingerprint density at radius 1 is 1.20 bits per heavy atom. The van der Waals surface area contributed by atoms with Crippen LogP contribution in [-0.4, -0.2) is 64.3 Å². The second-order valence-corrected chi connectivity index (χ2v) is 3.21. The Hall–Kier alpha value is -0.680. The van der Waals surface area contributed by atoms with Crippen molar-refractivity contribution in [2.75, 3.05) is 13.2 Å². The van der Waals surface area contributed by atoms with Gasteiger partial charge in [0.05, 0.1) is 6.61 Å². The number of terminal acetylenes is 1. The van der Waals surface area contributed by atoms with Crippen molar-refractivity contribution >= 4 is 0 Å². The number of rotatable bonds is 3. The third-order valence-electron chi connectivity index (χ3n) is 2.18. The first-order valence-electron chi connectivity index (χ1n) is 4.47. The largest absolute Gasteiger partial charge is 0.394 e. The fourth-order valence-corrected chi connectivity index (χ4v) is 1.34. The highest BCUT2D eigenvalue weighted by molar-refractivity contribution is 4.90. The van der Waals surface area contributed by atoms with E-state index in [9.17, 15) is 15.3 Å². The summed E-state index contributed by atoms with van der Waals surface area (Å²) in [6, 6.07) is 0. The summed E-state index contributed by atoms with van der Waals surface area (Å²) in [4.78, 5) is 0. The Labute approximate surface area is 87.1 Å². The van der Waals surface area contributed by atoms with Crippen molar-refractivity contribution in [3.63, 3.8) is 0 Å². The lowest BCUT2D eigenvalue weighted by Crippen LogP contribution is -2.59. The number of hydrogen-bond donors (Lipinski definition) is 4. The van der Waals surface area contributed by atoms with E-state index in [1.165, 1.54) is 0 Å². The molecular weight excluding hydrogens is 204 g/mol. The first kappa shape index (κ1) is 12.4. The van der Waals surface area contributed by atoms with Crippen molar-refractivity contribution in [1.82, 2.24) is 0 Å². The van der Waals surface area contributed by atoms with Crippen LogP contribution < -0.4 is 0 Å². The second-order valence-electron chi connectivity index (χ2n) is 3.21. The maximum atomic E-state index is 9.44. The summed E-state index contributed by atoms with van der Waals surface area (Å²) in [6.07, 6.45) is -1.36. The molecule has 6 heteroatoms. The highest BCUT2D eigenvalue weighted by Gasteiger charge is 2.43. The molecule has 1 saturated heterocycles. The zero-order valence-corrected chi connectivity index (χ0v) is 7.98. The van der Waals surface area contributed by atoms with Crippen LogP contribution in [0.25, 0.3) is 0 Å². The highest BCUT2D eigenvalue weighted by atomic mass is 16.7. The fraction of sp³-hybridized carbons (Fsp3) is 0.778. The highest BCUT2D eigenvalue weighted by Crippen LogP contribution is 2.21. The standard InChI is InChI=1S/C9H14O6/c1-2-3-14-9-8(13)7(12)6(11)5(4-10)15-9/h1,5-13H,3-4H2/t5?,6-,7-,8?,9-/m1/s1. The van der Waals surface area contributed by atoms with Gasteiger partial charge in [0.2, 0.25) is 0 Å². The van der Waals surface area contributed by atoms with E-state index in [1.807, 2.05) is 0 Å². The zero-order chi connectivity index (χ0) is 11.4. The summed E-state index contributed by atoms with van der Waals surface area (Å²) in [6.45, 7) is -0.580. The van der Waals surface area contributed by atoms with Crippen LogP contribution >= 0.6 is 0 Å². The van der Waals surface area contributed by atoms with Gasteiger partial charge in [-0.3, -0.25) is 0 Å². The molecule has 6 nitrogen and oxygen atoms in total. The van der Waals surface area contributed by atoms with Crippen molar-refractivity contribution in [2.24, 2.45) is 0 Å². The Morgan fingerprint density at radius 2 is 1.87 bits per heavy atom. The Kier molecular flexibility index (Phi) is 4.47. The van der Waals surface area contributed by atoms with Gasteiger partial charge in [-0.25, -0.2) is 0 Å². The summed E-state index contributed by atoms with van der Waals surface area (Å²) in [5, 5.41) is 37.0. The van der Waals surface area contributed by atoms with Crippen molar-refractivity contribution in [1.29, 1.82) is 0 Å². The van der Waals surface area contributed by atoms with Crippen LogP contribution in [0.3, 0.4) is 0 Å². The van der Waals surface area contributed by atoms with E-state index in [-0.39, 0.29) is 6.61 Å². The summed E-state index contributed by atoms with van der Waals surface area (Å²) in [5.74, 6) is 2.17. The summed E-state index contributed by atoms with van der Waals surface area (Å²) < 4.78 is 9.91. The molecule has 0 amide bonds. The van der Waals surface area contributed by atoms with Gasteiger partial charge in [-0.15, -0.1) is 6.42 Å². The van der Waals surface area contributed by atoms with E-state index in [4.69, 9.17) is 21.0 Å². The molecule has 0 spiro atoms. The maximum absolute atomic E-state index is 9.44. The molecule has 2 unspecified atom stereocenters. The molecule has 86 valence electrons. The van der Waals surface area contributed by atoms with Gasteiger partial charge in [0.15, 0.2) is 6.29 Å². The third-order valence-corrected chi connectivity index (χ3v) is 2.18. The van der Waals surface area contributed by atoms with Crippen LogP contribution in [0, 0.1) is 12.3 Å². The molecule has 0 saturated carbocycles. The zero-order valence-electron chi connectivity index (χ0n) is 7.98. The number of aliphatic hydroxyl groups excluding tert-OH is 4. The molecule has 0 bridgehead atoms. The van der Waals surface area contributed by atoms with E-state index < -0.39 is 37.3 Å². The summed E-state index contributed by atoms with van der Waals surface area (Å²) in [5.41, 5.74) is 0. The summed E-state index contributed by atoms with van der Waals surface area (Å²) in [7, 11) is 0. The lowest BCUT2D eigenvalue weighted by atomic mass is 9.99. The molecule has 0 aromatic heterocycles. The predicted octanol–water partition coefficient (Wildman–Crippen LogP) is -2.56. The maximum Gasteiger partial charge on any atom is 0.187 e. The SMILES string of the molecule is C#CCO[C@@H]1OC(CO)[C@@H](O)[C@@H](O)C1O. The summed E-state index contributed by atoms with van der Waals surface area (Å²) >= 11 is 0. The van der Waals surface area contributed by atoms with Gasteiger partial charge in [-0.05, 0) is 0 Å². The Bertz CT molecular complexity index is 235. The lowest BCUT2D eigenvalue weighted by molar-refractivity contribution is -0.298. The number of aliphatic hydroxyl groups is 4. The quantitative estimate of drug-likeness (QED) is 0.389. The smallest absolute Gasteiger partial charge is 0.187 e. The first-order valence-corrected chi connectivity index (χ1v) is 4.47. The predicted molar refractivity (Wildman–Crippen MR) is 48.6 cm³/mol. The van der Waals surface area contributed by atoms with Gasteiger partial charge in [0.25, 0.3) is 0 Å². The van der Waals surface area contributed by atoms with Gasteiger partial charge in [-0.1, -0.05) is 5.92 Å². The van der Waals surface area contributed by atoms with Crippen LogP contribution in [0.15, 0.2) is 0 Å². The molecule has 1 aliphatic rings. The van der Waals surface area contributed by atoms with Gasteiger partial charge in [0.1, 0.15) is 31.0 Å². The topological polar surface area (TPSA) is 99.4 Å². The molecule has 5 atom stereocenters. The molecule has 15 heavy (non-hydrogen) atoms. The Balaban J connectivity index is 2.62. The van der Waals surface area contributed by atoms with Crippen molar-refractivity contribution in [3.8, 4) is 12.3 Å². The van der Waals surface area contributed by atoms with Crippen LogP contribution in [0.5, 0.6) is 0 Å². The van der Waals surface area contributed by atoms with Crippen molar-refractivity contribution < 1.29 is 29.9 Å². The van der Waals surface area contributed by atoms with Crippen LogP contribution in [0.1, 0.15) is 0 Å².